The number of aryl methyl sites for hydroxylation is 1. The van der Waals surface area contributed by atoms with Gasteiger partial charge in [-0.1, -0.05) is 35.0 Å². The van der Waals surface area contributed by atoms with Crippen LogP contribution < -0.4 is 0 Å². The Morgan fingerprint density at radius 1 is 1.18 bits per heavy atom. The lowest BCUT2D eigenvalue weighted by molar-refractivity contribution is -0.384. The first-order valence-electron chi connectivity index (χ1n) is 6.39. The molecule has 22 heavy (non-hydrogen) atoms. The summed E-state index contributed by atoms with van der Waals surface area (Å²) in [7, 11) is 0. The van der Waals surface area contributed by atoms with E-state index in [2.05, 4.69) is 10.1 Å². The Balaban J connectivity index is 1.98. The van der Waals surface area contributed by atoms with Crippen LogP contribution in [0.15, 0.2) is 47.0 Å². The molecule has 0 spiro atoms. The molecule has 0 bridgehead atoms. The molecular weight excluding hydrogens is 306 g/mol. The molecule has 0 aliphatic carbocycles. The molecule has 0 N–H and O–H groups in total. The maximum Gasteiger partial charge on any atom is 0.270 e. The van der Waals surface area contributed by atoms with Crippen LogP contribution in [-0.4, -0.2) is 15.1 Å². The van der Waals surface area contributed by atoms with E-state index in [0.717, 1.165) is 5.56 Å². The molecule has 0 fully saturated rings. The SMILES string of the molecule is Cc1ccc(-c2nc(-c3cccc([N+](=O)[O-])c3)no2)cc1Cl. The van der Waals surface area contributed by atoms with Crippen LogP contribution in [0.2, 0.25) is 5.02 Å². The van der Waals surface area contributed by atoms with Crippen LogP contribution in [0.25, 0.3) is 22.8 Å². The number of nitro groups is 1. The van der Waals surface area contributed by atoms with Crippen molar-refractivity contribution in [2.24, 2.45) is 0 Å². The highest BCUT2D eigenvalue weighted by Crippen LogP contribution is 2.27. The van der Waals surface area contributed by atoms with Crippen molar-refractivity contribution in [1.82, 2.24) is 10.1 Å². The molecule has 0 radical (unpaired) electrons. The van der Waals surface area contributed by atoms with Gasteiger partial charge in [0.2, 0.25) is 5.82 Å². The summed E-state index contributed by atoms with van der Waals surface area (Å²) in [6.45, 7) is 1.90. The van der Waals surface area contributed by atoms with Crippen LogP contribution in [0.1, 0.15) is 5.56 Å². The van der Waals surface area contributed by atoms with Gasteiger partial charge in [0.05, 0.1) is 4.92 Å². The van der Waals surface area contributed by atoms with Crippen molar-refractivity contribution in [2.45, 2.75) is 6.92 Å². The van der Waals surface area contributed by atoms with Gasteiger partial charge in [-0.15, -0.1) is 0 Å². The summed E-state index contributed by atoms with van der Waals surface area (Å²) in [5, 5.41) is 15.3. The lowest BCUT2D eigenvalue weighted by atomic mass is 10.1. The van der Waals surface area contributed by atoms with Crippen LogP contribution in [0.3, 0.4) is 0 Å². The monoisotopic (exact) mass is 315 g/mol. The highest BCUT2D eigenvalue weighted by Gasteiger charge is 2.14. The van der Waals surface area contributed by atoms with E-state index in [4.69, 9.17) is 16.1 Å². The second-order valence-electron chi connectivity index (χ2n) is 4.69. The maximum atomic E-state index is 10.8. The number of hydrogen-bond donors (Lipinski definition) is 0. The highest BCUT2D eigenvalue weighted by molar-refractivity contribution is 6.31. The van der Waals surface area contributed by atoms with Crippen LogP contribution in [0, 0.1) is 17.0 Å². The van der Waals surface area contributed by atoms with Crippen molar-refractivity contribution < 1.29 is 9.45 Å². The van der Waals surface area contributed by atoms with E-state index in [1.54, 1.807) is 18.2 Å². The Hall–Kier alpha value is -2.73. The maximum absolute atomic E-state index is 10.8. The largest absolute Gasteiger partial charge is 0.334 e. The van der Waals surface area contributed by atoms with Crippen LogP contribution >= 0.6 is 11.6 Å². The predicted molar refractivity (Wildman–Crippen MR) is 81.6 cm³/mol. The summed E-state index contributed by atoms with van der Waals surface area (Å²) in [5.41, 5.74) is 2.13. The smallest absolute Gasteiger partial charge is 0.270 e. The molecule has 0 atom stereocenters. The molecule has 3 aromatic rings. The number of halogens is 1. The molecule has 0 amide bonds. The van der Waals surface area contributed by atoms with Gasteiger partial charge in [0.25, 0.3) is 11.6 Å². The summed E-state index contributed by atoms with van der Waals surface area (Å²) in [6.07, 6.45) is 0. The molecule has 1 heterocycles. The summed E-state index contributed by atoms with van der Waals surface area (Å²) >= 11 is 6.08. The van der Waals surface area contributed by atoms with Gasteiger partial charge < -0.3 is 4.52 Å². The fraction of sp³-hybridized carbons (Fsp3) is 0.0667. The second kappa shape index (κ2) is 5.57. The fourth-order valence-electron chi connectivity index (χ4n) is 1.94. The molecule has 0 aliphatic rings. The first kappa shape index (κ1) is 14.2. The first-order chi connectivity index (χ1) is 10.5. The number of aromatic nitrogens is 2. The third-order valence-corrected chi connectivity index (χ3v) is 3.57. The number of hydrogen-bond acceptors (Lipinski definition) is 5. The molecule has 0 saturated heterocycles. The zero-order valence-corrected chi connectivity index (χ0v) is 12.2. The number of nitro benzene ring substituents is 1. The van der Waals surface area contributed by atoms with E-state index in [9.17, 15) is 10.1 Å². The van der Waals surface area contributed by atoms with Crippen molar-refractivity contribution in [3.8, 4) is 22.8 Å². The summed E-state index contributed by atoms with van der Waals surface area (Å²) in [5.74, 6) is 0.596. The summed E-state index contributed by atoms with van der Waals surface area (Å²) in [6, 6.07) is 11.5. The zero-order valence-electron chi connectivity index (χ0n) is 11.5. The van der Waals surface area contributed by atoms with E-state index in [1.165, 1.54) is 12.1 Å². The first-order valence-corrected chi connectivity index (χ1v) is 6.77. The van der Waals surface area contributed by atoms with Gasteiger partial charge in [0, 0.05) is 28.3 Å². The minimum atomic E-state index is -0.468. The molecule has 1 aromatic heterocycles. The molecule has 110 valence electrons. The zero-order chi connectivity index (χ0) is 15.7. The number of benzene rings is 2. The Bertz CT molecular complexity index is 861. The van der Waals surface area contributed by atoms with E-state index in [1.807, 2.05) is 19.1 Å². The Labute approximate surface area is 130 Å². The molecule has 7 heteroatoms. The van der Waals surface area contributed by atoms with Crippen molar-refractivity contribution in [2.75, 3.05) is 0 Å². The molecule has 0 saturated carbocycles. The van der Waals surface area contributed by atoms with Crippen LogP contribution in [0.4, 0.5) is 5.69 Å². The third-order valence-electron chi connectivity index (χ3n) is 3.16. The number of rotatable bonds is 3. The summed E-state index contributed by atoms with van der Waals surface area (Å²) in [4.78, 5) is 14.6. The third kappa shape index (κ3) is 2.68. The molecule has 2 aromatic carbocycles. The topological polar surface area (TPSA) is 82.1 Å². The van der Waals surface area contributed by atoms with E-state index >= 15 is 0 Å². The average molecular weight is 316 g/mol. The summed E-state index contributed by atoms with van der Waals surface area (Å²) < 4.78 is 5.21. The van der Waals surface area contributed by atoms with Crippen molar-refractivity contribution >= 4 is 17.3 Å². The molecule has 3 rings (SSSR count). The normalized spacial score (nSPS) is 10.6. The Kier molecular flexibility index (Phi) is 3.60. The van der Waals surface area contributed by atoms with Crippen molar-refractivity contribution in [3.05, 3.63) is 63.2 Å². The minimum Gasteiger partial charge on any atom is -0.334 e. The van der Waals surface area contributed by atoms with Crippen molar-refractivity contribution in [1.29, 1.82) is 0 Å². The fourth-order valence-corrected chi connectivity index (χ4v) is 2.12. The van der Waals surface area contributed by atoms with Gasteiger partial charge in [-0.2, -0.15) is 4.98 Å². The van der Waals surface area contributed by atoms with E-state index < -0.39 is 4.92 Å². The number of non-ortho nitro benzene ring substituents is 1. The minimum absolute atomic E-state index is 0.0257. The molecule has 0 unspecified atom stereocenters. The van der Waals surface area contributed by atoms with Gasteiger partial charge in [0.1, 0.15) is 0 Å². The van der Waals surface area contributed by atoms with Crippen LogP contribution in [0.5, 0.6) is 0 Å². The highest BCUT2D eigenvalue weighted by atomic mass is 35.5. The van der Waals surface area contributed by atoms with Crippen LogP contribution in [-0.2, 0) is 0 Å². The molecule has 6 nitrogen and oxygen atoms in total. The quantitative estimate of drug-likeness (QED) is 0.532. The van der Waals surface area contributed by atoms with Crippen molar-refractivity contribution in [3.63, 3.8) is 0 Å². The Morgan fingerprint density at radius 3 is 2.73 bits per heavy atom. The number of nitrogens with zero attached hydrogens (tertiary/aromatic N) is 3. The van der Waals surface area contributed by atoms with Gasteiger partial charge >= 0.3 is 0 Å². The lowest BCUT2D eigenvalue weighted by Crippen LogP contribution is -1.88. The second-order valence-corrected chi connectivity index (χ2v) is 5.10. The predicted octanol–water partition coefficient (Wildman–Crippen LogP) is 4.27. The lowest BCUT2D eigenvalue weighted by Gasteiger charge is -1.98. The molecular formula is C15H10ClN3O3. The van der Waals surface area contributed by atoms with Gasteiger partial charge in [-0.05, 0) is 24.6 Å². The standard InChI is InChI=1S/C15H10ClN3O3/c1-9-5-6-11(8-13(9)16)15-17-14(18-22-15)10-3-2-4-12(7-10)19(20)21/h2-8H,1H3. The average Bonchev–Trinajstić information content (AvgIpc) is 3.00. The van der Waals surface area contributed by atoms with Gasteiger partial charge in [-0.3, -0.25) is 10.1 Å². The van der Waals surface area contributed by atoms with Gasteiger partial charge in [0.15, 0.2) is 0 Å². The Morgan fingerprint density at radius 2 is 2.00 bits per heavy atom. The van der Waals surface area contributed by atoms with E-state index in [0.29, 0.717) is 22.0 Å². The molecule has 0 aliphatic heterocycles. The van der Waals surface area contributed by atoms with Gasteiger partial charge in [-0.25, -0.2) is 0 Å². The van der Waals surface area contributed by atoms with E-state index in [-0.39, 0.29) is 11.5 Å².